The molecule has 1 aliphatic heterocycles. The van der Waals surface area contributed by atoms with Gasteiger partial charge in [-0.25, -0.2) is 4.98 Å². The average molecular weight is 445 g/mol. The highest BCUT2D eigenvalue weighted by molar-refractivity contribution is 5.55. The number of aromatic nitrogens is 4. The number of pyridine rings is 1. The zero-order valence-electron chi connectivity index (χ0n) is 17.6. The summed E-state index contributed by atoms with van der Waals surface area (Å²) in [5.41, 5.74) is 0.667. The Labute approximate surface area is 182 Å². The predicted molar refractivity (Wildman–Crippen MR) is 109 cm³/mol. The molecular formula is C22H22F3N5O2. The molecule has 7 nitrogen and oxygen atoms in total. The first-order valence-electron chi connectivity index (χ1n) is 10.1. The van der Waals surface area contributed by atoms with Crippen LogP contribution < -0.4 is 4.74 Å². The van der Waals surface area contributed by atoms with Crippen LogP contribution in [0, 0.1) is 6.92 Å². The largest absolute Gasteiger partial charge is 0.471 e. The molecule has 2 atom stereocenters. The Morgan fingerprint density at radius 2 is 1.94 bits per heavy atom. The summed E-state index contributed by atoms with van der Waals surface area (Å²) in [6.45, 7) is 4.34. The molecule has 10 heteroatoms. The number of alkyl halides is 3. The number of rotatable bonds is 5. The van der Waals surface area contributed by atoms with E-state index in [0.29, 0.717) is 25.1 Å². The van der Waals surface area contributed by atoms with Crippen molar-refractivity contribution >= 4 is 6.41 Å². The molecule has 2 aromatic heterocycles. The smallest absolute Gasteiger partial charge is 0.417 e. The molecule has 1 amide bonds. The minimum absolute atomic E-state index is 0.0628. The monoisotopic (exact) mass is 445 g/mol. The number of piperidine rings is 1. The predicted octanol–water partition coefficient (Wildman–Crippen LogP) is 3.90. The van der Waals surface area contributed by atoms with Crippen molar-refractivity contribution in [2.75, 3.05) is 6.54 Å². The van der Waals surface area contributed by atoms with E-state index in [2.05, 4.69) is 15.2 Å². The number of hydrogen-bond donors (Lipinski definition) is 0. The summed E-state index contributed by atoms with van der Waals surface area (Å²) >= 11 is 0. The summed E-state index contributed by atoms with van der Waals surface area (Å²) in [5.74, 6) is 0.0628. The maximum Gasteiger partial charge on any atom is 0.417 e. The quantitative estimate of drug-likeness (QED) is 0.557. The minimum atomic E-state index is -4.48. The molecule has 0 radical (unpaired) electrons. The van der Waals surface area contributed by atoms with Gasteiger partial charge in [-0.2, -0.15) is 28.2 Å². The lowest BCUT2D eigenvalue weighted by molar-refractivity contribution is -0.138. The SMILES string of the molecule is Cc1ccc([C@@]2(C)[C@H](Oc3ccc(C(F)(F)F)cn3)CCCN2C=O)c(-n2nccn2)c1. The van der Waals surface area contributed by atoms with Gasteiger partial charge in [0.15, 0.2) is 0 Å². The Balaban J connectivity index is 1.76. The zero-order chi connectivity index (χ0) is 22.9. The van der Waals surface area contributed by atoms with E-state index in [0.717, 1.165) is 29.8 Å². The number of hydrogen-bond acceptors (Lipinski definition) is 5. The Hall–Kier alpha value is -3.43. The average Bonchev–Trinajstić information content (AvgIpc) is 3.30. The van der Waals surface area contributed by atoms with E-state index in [1.165, 1.54) is 10.9 Å². The standard InChI is InChI=1S/C22H22F3N5O2/c1-15-5-7-17(18(12-15)30-27-9-10-28-30)21(2)19(4-3-11-29(21)14-31)32-20-8-6-16(13-26-20)22(23,24)25/h5-10,12-14,19H,3-4,11H2,1-2H3/t19-,21+/m1/s1. The summed E-state index contributed by atoms with van der Waals surface area (Å²) in [6, 6.07) is 7.90. The molecular weight excluding hydrogens is 423 g/mol. The molecule has 1 saturated heterocycles. The molecule has 0 saturated carbocycles. The second-order valence-corrected chi connectivity index (χ2v) is 7.92. The first-order chi connectivity index (χ1) is 15.2. The molecule has 0 aliphatic carbocycles. The van der Waals surface area contributed by atoms with Gasteiger partial charge in [0, 0.05) is 24.4 Å². The summed E-state index contributed by atoms with van der Waals surface area (Å²) < 4.78 is 44.8. The first kappa shape index (κ1) is 21.8. The lowest BCUT2D eigenvalue weighted by atomic mass is 9.78. The molecule has 168 valence electrons. The minimum Gasteiger partial charge on any atom is -0.471 e. The third-order valence-electron chi connectivity index (χ3n) is 5.88. The van der Waals surface area contributed by atoms with Crippen LogP contribution in [-0.2, 0) is 16.5 Å². The molecule has 1 fully saturated rings. The van der Waals surface area contributed by atoms with Gasteiger partial charge in [-0.05, 0) is 44.4 Å². The lowest BCUT2D eigenvalue weighted by Crippen LogP contribution is -2.57. The van der Waals surface area contributed by atoms with E-state index in [1.54, 1.807) is 17.3 Å². The van der Waals surface area contributed by atoms with E-state index in [-0.39, 0.29) is 5.88 Å². The normalized spacial score (nSPS) is 21.4. The van der Waals surface area contributed by atoms with E-state index in [1.807, 2.05) is 32.0 Å². The molecule has 0 unspecified atom stereocenters. The summed E-state index contributed by atoms with van der Waals surface area (Å²) in [5, 5.41) is 8.49. The van der Waals surface area contributed by atoms with Crippen molar-refractivity contribution in [2.24, 2.45) is 0 Å². The number of likely N-dealkylation sites (tertiary alicyclic amines) is 1. The third-order valence-corrected chi connectivity index (χ3v) is 5.88. The Bertz CT molecular complexity index is 1090. The van der Waals surface area contributed by atoms with Crippen LogP contribution in [0.4, 0.5) is 13.2 Å². The van der Waals surface area contributed by atoms with Crippen molar-refractivity contribution in [2.45, 2.75) is 44.5 Å². The lowest BCUT2D eigenvalue weighted by Gasteiger charge is -2.48. The molecule has 0 spiro atoms. The number of halogens is 3. The third kappa shape index (κ3) is 3.92. The van der Waals surface area contributed by atoms with Crippen molar-refractivity contribution in [3.8, 4) is 11.6 Å². The van der Waals surface area contributed by atoms with Gasteiger partial charge in [-0.3, -0.25) is 4.79 Å². The van der Waals surface area contributed by atoms with Crippen LogP contribution in [0.3, 0.4) is 0 Å². The molecule has 4 rings (SSSR count). The molecule has 3 heterocycles. The van der Waals surface area contributed by atoms with Crippen LogP contribution in [0.25, 0.3) is 5.69 Å². The molecule has 1 aromatic carbocycles. The molecule has 32 heavy (non-hydrogen) atoms. The Morgan fingerprint density at radius 3 is 2.56 bits per heavy atom. The van der Waals surface area contributed by atoms with Crippen LogP contribution in [0.5, 0.6) is 5.88 Å². The van der Waals surface area contributed by atoms with Crippen molar-refractivity contribution in [1.29, 1.82) is 0 Å². The van der Waals surface area contributed by atoms with Crippen molar-refractivity contribution in [1.82, 2.24) is 24.9 Å². The number of aryl methyl sites for hydroxylation is 1. The molecule has 0 bridgehead atoms. The van der Waals surface area contributed by atoms with Gasteiger partial charge in [0.25, 0.3) is 0 Å². The number of benzene rings is 1. The highest BCUT2D eigenvalue weighted by atomic mass is 19.4. The van der Waals surface area contributed by atoms with Gasteiger partial charge in [0.2, 0.25) is 12.3 Å². The Morgan fingerprint density at radius 1 is 1.19 bits per heavy atom. The van der Waals surface area contributed by atoms with Crippen LogP contribution in [0.1, 0.15) is 36.5 Å². The Kier molecular flexibility index (Phi) is 5.62. The fourth-order valence-corrected chi connectivity index (χ4v) is 4.15. The van der Waals surface area contributed by atoms with E-state index in [4.69, 9.17) is 4.74 Å². The van der Waals surface area contributed by atoms with Gasteiger partial charge in [-0.15, -0.1) is 0 Å². The summed E-state index contributed by atoms with van der Waals surface area (Å²) in [7, 11) is 0. The van der Waals surface area contributed by atoms with Crippen LogP contribution in [-0.4, -0.2) is 43.9 Å². The van der Waals surface area contributed by atoms with Gasteiger partial charge in [-0.1, -0.05) is 12.1 Å². The topological polar surface area (TPSA) is 73.1 Å². The van der Waals surface area contributed by atoms with Crippen LogP contribution in [0.2, 0.25) is 0 Å². The van der Waals surface area contributed by atoms with Crippen LogP contribution in [0.15, 0.2) is 48.9 Å². The van der Waals surface area contributed by atoms with Crippen molar-refractivity contribution in [3.05, 3.63) is 65.6 Å². The fraction of sp³-hybridized carbons (Fsp3) is 0.364. The zero-order valence-corrected chi connectivity index (χ0v) is 17.6. The van der Waals surface area contributed by atoms with Crippen molar-refractivity contribution < 1.29 is 22.7 Å². The summed E-state index contributed by atoms with van der Waals surface area (Å²) in [6.07, 6.45) is 0.882. The number of carbonyl (C=O) groups excluding carboxylic acids is 1. The second-order valence-electron chi connectivity index (χ2n) is 7.92. The fourth-order valence-electron chi connectivity index (χ4n) is 4.15. The van der Waals surface area contributed by atoms with Crippen molar-refractivity contribution in [3.63, 3.8) is 0 Å². The first-order valence-corrected chi connectivity index (χ1v) is 10.1. The maximum atomic E-state index is 12.9. The number of nitrogens with zero attached hydrogens (tertiary/aromatic N) is 5. The highest BCUT2D eigenvalue weighted by Gasteiger charge is 2.47. The maximum absolute atomic E-state index is 12.9. The van der Waals surface area contributed by atoms with Gasteiger partial charge >= 0.3 is 6.18 Å². The molecule has 3 aromatic rings. The number of ether oxygens (including phenoxy) is 1. The van der Waals surface area contributed by atoms with Gasteiger partial charge in [0.1, 0.15) is 11.6 Å². The van der Waals surface area contributed by atoms with Gasteiger partial charge < -0.3 is 9.64 Å². The summed E-state index contributed by atoms with van der Waals surface area (Å²) in [4.78, 5) is 19.1. The second kappa shape index (κ2) is 8.25. The molecule has 1 aliphatic rings. The molecule has 0 N–H and O–H groups in total. The van der Waals surface area contributed by atoms with E-state index >= 15 is 0 Å². The van der Waals surface area contributed by atoms with E-state index < -0.39 is 23.4 Å². The van der Waals surface area contributed by atoms with Gasteiger partial charge in [0.05, 0.1) is 23.6 Å². The van der Waals surface area contributed by atoms with Crippen LogP contribution >= 0.6 is 0 Å². The number of carbonyl (C=O) groups is 1. The van der Waals surface area contributed by atoms with E-state index in [9.17, 15) is 18.0 Å². The number of amides is 1. The highest BCUT2D eigenvalue weighted by Crippen LogP contribution is 2.41.